The molecule has 6 heteroatoms. The van der Waals surface area contributed by atoms with E-state index in [1.165, 1.54) is 0 Å². The maximum Gasteiger partial charge on any atom is 0.235 e. The molecule has 11 rings (SSSR count). The second-order valence-corrected chi connectivity index (χ2v) is 12.6. The van der Waals surface area contributed by atoms with Crippen molar-refractivity contribution in [1.82, 2.24) is 14.5 Å². The van der Waals surface area contributed by atoms with Gasteiger partial charge in [-0.05, 0) is 71.8 Å². The topological polar surface area (TPSA) is 52.4 Å². The van der Waals surface area contributed by atoms with Gasteiger partial charge in [0.15, 0.2) is 23.0 Å². The van der Waals surface area contributed by atoms with Crippen LogP contribution in [0, 0.1) is 0 Å². The van der Waals surface area contributed by atoms with Crippen molar-refractivity contribution in [1.29, 1.82) is 0 Å². The van der Waals surface area contributed by atoms with Crippen LogP contribution in [-0.4, -0.2) is 14.5 Å². The summed E-state index contributed by atoms with van der Waals surface area (Å²) >= 11 is 0. The first-order chi connectivity index (χ1) is 24.8. The lowest BCUT2D eigenvalue weighted by atomic mass is 9.99. The Morgan fingerprint density at radius 2 is 1.04 bits per heavy atom. The third-order valence-corrected chi connectivity index (χ3v) is 9.76. The van der Waals surface area contributed by atoms with E-state index in [1.54, 1.807) is 0 Å². The molecule has 2 aliphatic heterocycles. The zero-order chi connectivity index (χ0) is 32.8. The highest BCUT2D eigenvalue weighted by molar-refractivity contribution is 6.10. The van der Waals surface area contributed by atoms with Gasteiger partial charge in [0.1, 0.15) is 5.69 Å². The summed E-state index contributed by atoms with van der Waals surface area (Å²) in [6, 6.07) is 54.2. The van der Waals surface area contributed by atoms with Crippen LogP contribution < -0.4 is 14.4 Å². The van der Waals surface area contributed by atoms with Gasteiger partial charge >= 0.3 is 0 Å². The molecule has 0 radical (unpaired) electrons. The van der Waals surface area contributed by atoms with Crippen LogP contribution >= 0.6 is 0 Å². The zero-order valence-electron chi connectivity index (χ0n) is 26.6. The van der Waals surface area contributed by atoms with Gasteiger partial charge in [-0.25, -0.2) is 9.97 Å². The fourth-order valence-electron chi connectivity index (χ4n) is 7.54. The van der Waals surface area contributed by atoms with Crippen LogP contribution in [0.2, 0.25) is 0 Å². The molecule has 2 aromatic heterocycles. The van der Waals surface area contributed by atoms with Crippen molar-refractivity contribution in [2.45, 2.75) is 7.43 Å². The molecule has 2 aliphatic rings. The van der Waals surface area contributed by atoms with Crippen molar-refractivity contribution in [2.75, 3.05) is 4.90 Å². The van der Waals surface area contributed by atoms with E-state index < -0.39 is 0 Å². The van der Waals surface area contributed by atoms with Crippen molar-refractivity contribution in [3.63, 3.8) is 0 Å². The molecule has 242 valence electrons. The van der Waals surface area contributed by atoms with Crippen molar-refractivity contribution in [2.24, 2.45) is 0 Å². The number of anilines is 3. The van der Waals surface area contributed by atoms with Gasteiger partial charge in [-0.3, -0.25) is 9.47 Å². The minimum Gasteiger partial charge on any atom is -0.453 e. The van der Waals surface area contributed by atoms with Gasteiger partial charge in [0.25, 0.3) is 0 Å². The molecule has 0 saturated heterocycles. The normalized spacial score (nSPS) is 12.4. The largest absolute Gasteiger partial charge is 0.453 e. The Labute approximate surface area is 294 Å². The van der Waals surface area contributed by atoms with Gasteiger partial charge in [-0.15, -0.1) is 0 Å². The van der Waals surface area contributed by atoms with E-state index in [0.717, 1.165) is 95.2 Å². The first-order valence-electron chi connectivity index (χ1n) is 16.7. The number of hydrogen-bond acceptors (Lipinski definition) is 5. The van der Waals surface area contributed by atoms with Crippen molar-refractivity contribution < 1.29 is 9.47 Å². The third kappa shape index (κ3) is 4.30. The summed E-state index contributed by atoms with van der Waals surface area (Å²) in [5.41, 5.74) is 9.90. The lowest BCUT2D eigenvalue weighted by molar-refractivity contribution is 0.446. The van der Waals surface area contributed by atoms with Crippen LogP contribution in [-0.2, 0) is 0 Å². The lowest BCUT2D eigenvalue weighted by Gasteiger charge is -2.38. The highest BCUT2D eigenvalue weighted by Crippen LogP contribution is 2.60. The number of benzene rings is 7. The third-order valence-electron chi connectivity index (χ3n) is 9.76. The molecule has 0 amide bonds. The second kappa shape index (κ2) is 11.1. The Hall–Kier alpha value is -6.92. The van der Waals surface area contributed by atoms with Gasteiger partial charge in [-0.2, -0.15) is 0 Å². The Bertz CT molecular complexity index is 2770. The van der Waals surface area contributed by atoms with E-state index in [0.29, 0.717) is 5.95 Å². The average Bonchev–Trinajstić information content (AvgIpc) is 3.51. The minimum atomic E-state index is 0. The van der Waals surface area contributed by atoms with E-state index in [2.05, 4.69) is 100 Å². The molecule has 0 atom stereocenters. The molecule has 0 aliphatic carbocycles. The molecule has 0 unspecified atom stereocenters. The fraction of sp³-hybridized carbons (Fsp3) is 0.0222. The summed E-state index contributed by atoms with van der Waals surface area (Å²) in [5.74, 6) is 3.77. The number of para-hydroxylation sites is 6. The standard InChI is InChI=1S/C44H26N4O2.CH4/c1-2-12-27(13-3-1)42-31-15-4-6-16-33(31)45-44(46-42)48-34-17-7-5-14-30(34)32-24-28(22-23-35(32)48)29-25-40-43-41(26-29)50-39-21-11-9-19-37(39)47(43)36-18-8-10-20-38(36)49-40;/h1-26H;1H4. The number of rotatable bonds is 3. The molecular formula is C45H30N4O2. The average molecular weight is 659 g/mol. The van der Waals surface area contributed by atoms with Gasteiger partial charge in [-0.1, -0.05) is 104 Å². The minimum absolute atomic E-state index is 0. The predicted molar refractivity (Wildman–Crippen MR) is 206 cm³/mol. The molecule has 6 nitrogen and oxygen atoms in total. The molecule has 0 fully saturated rings. The van der Waals surface area contributed by atoms with Gasteiger partial charge < -0.3 is 9.47 Å². The first-order valence-corrected chi connectivity index (χ1v) is 16.7. The number of nitrogens with zero attached hydrogens (tertiary/aromatic N) is 4. The van der Waals surface area contributed by atoms with Crippen LogP contribution in [0.1, 0.15) is 7.43 Å². The van der Waals surface area contributed by atoms with E-state index in [-0.39, 0.29) is 7.43 Å². The van der Waals surface area contributed by atoms with Crippen molar-refractivity contribution >= 4 is 49.8 Å². The molecule has 9 aromatic rings. The molecule has 0 N–H and O–H groups in total. The first kappa shape index (κ1) is 29.0. The zero-order valence-corrected chi connectivity index (χ0v) is 26.6. The quantitative estimate of drug-likeness (QED) is 0.189. The summed E-state index contributed by atoms with van der Waals surface area (Å²) in [7, 11) is 0. The lowest BCUT2D eigenvalue weighted by Crippen LogP contribution is -2.20. The van der Waals surface area contributed by atoms with E-state index in [4.69, 9.17) is 19.4 Å². The fourth-order valence-corrected chi connectivity index (χ4v) is 7.54. The van der Waals surface area contributed by atoms with Crippen LogP contribution in [0.25, 0.3) is 61.0 Å². The van der Waals surface area contributed by atoms with Crippen LogP contribution in [0.3, 0.4) is 0 Å². The summed E-state index contributed by atoms with van der Waals surface area (Å²) in [5, 5.41) is 3.26. The molecular weight excluding hydrogens is 629 g/mol. The van der Waals surface area contributed by atoms with E-state index in [1.807, 2.05) is 66.7 Å². The van der Waals surface area contributed by atoms with Gasteiger partial charge in [0, 0.05) is 21.7 Å². The van der Waals surface area contributed by atoms with Crippen molar-refractivity contribution in [3.8, 4) is 51.3 Å². The Kier molecular flexibility index (Phi) is 6.29. The maximum absolute atomic E-state index is 6.56. The predicted octanol–water partition coefficient (Wildman–Crippen LogP) is 12.4. The van der Waals surface area contributed by atoms with Gasteiger partial charge in [0.05, 0.1) is 33.6 Å². The summed E-state index contributed by atoms with van der Waals surface area (Å²) in [4.78, 5) is 12.6. The number of aromatic nitrogens is 3. The summed E-state index contributed by atoms with van der Waals surface area (Å²) in [6.45, 7) is 0. The number of fused-ring (bicyclic) bond motifs is 8. The van der Waals surface area contributed by atoms with Crippen LogP contribution in [0.15, 0.2) is 158 Å². The molecule has 7 aromatic carbocycles. The van der Waals surface area contributed by atoms with Crippen LogP contribution in [0.4, 0.5) is 17.1 Å². The molecule has 0 spiro atoms. The maximum atomic E-state index is 6.56. The summed E-state index contributed by atoms with van der Waals surface area (Å²) < 4.78 is 15.3. The van der Waals surface area contributed by atoms with Crippen LogP contribution in [0.5, 0.6) is 23.0 Å². The second-order valence-electron chi connectivity index (χ2n) is 12.6. The molecule has 4 heterocycles. The SMILES string of the molecule is C.c1ccc(-c2nc(-n3c4ccccc4c4cc(-c5cc6c7c(c5)Oc5ccccc5N7c5ccccc5O6)ccc43)nc3ccccc23)cc1. The van der Waals surface area contributed by atoms with E-state index >= 15 is 0 Å². The van der Waals surface area contributed by atoms with Gasteiger partial charge in [0.2, 0.25) is 5.95 Å². The molecule has 51 heavy (non-hydrogen) atoms. The Morgan fingerprint density at radius 3 is 1.78 bits per heavy atom. The summed E-state index contributed by atoms with van der Waals surface area (Å²) in [6.07, 6.45) is 0. The van der Waals surface area contributed by atoms with Crippen molar-refractivity contribution in [3.05, 3.63) is 158 Å². The monoisotopic (exact) mass is 658 g/mol. The highest BCUT2D eigenvalue weighted by Gasteiger charge is 2.35. The Morgan fingerprint density at radius 1 is 0.431 bits per heavy atom. The van der Waals surface area contributed by atoms with E-state index in [9.17, 15) is 0 Å². The highest BCUT2D eigenvalue weighted by atomic mass is 16.5. The molecule has 0 saturated carbocycles. The Balaban J connectivity index is 0.00000327. The number of ether oxygens (including phenoxy) is 2. The number of hydrogen-bond donors (Lipinski definition) is 0. The molecule has 0 bridgehead atoms. The smallest absolute Gasteiger partial charge is 0.235 e.